The van der Waals surface area contributed by atoms with Gasteiger partial charge in [-0.15, -0.1) is 6.42 Å². The molecule has 2 heteroatoms. The predicted octanol–water partition coefficient (Wildman–Crippen LogP) is 0.316. The number of Topliss-reactive ketones (excluding diaryl/α,β-unsaturated/α-hetero) is 1. The number of hydrogen-bond acceptors (Lipinski definition) is 2. The van der Waals surface area contributed by atoms with Crippen molar-refractivity contribution in [2.24, 2.45) is 11.7 Å². The largest absolute Gasteiger partial charge is 0.327 e. The lowest BCUT2D eigenvalue weighted by Crippen LogP contribution is -2.29. The summed E-state index contributed by atoms with van der Waals surface area (Å²) < 4.78 is 0. The third-order valence-electron chi connectivity index (χ3n) is 2.05. The maximum Gasteiger partial charge on any atom is 0.209 e. The van der Waals surface area contributed by atoms with Crippen molar-refractivity contribution >= 4 is 5.78 Å². The summed E-state index contributed by atoms with van der Waals surface area (Å²) in [6.45, 7) is 0. The molecular weight excluding hydrogens is 126 g/mol. The van der Waals surface area contributed by atoms with Crippen LogP contribution in [0, 0.1) is 18.3 Å². The summed E-state index contributed by atoms with van der Waals surface area (Å²) in [7, 11) is 0. The van der Waals surface area contributed by atoms with Crippen LogP contribution in [-0.4, -0.2) is 11.8 Å². The molecule has 2 atom stereocenters. The Labute approximate surface area is 60.8 Å². The molecule has 0 aliphatic heterocycles. The highest BCUT2D eigenvalue weighted by molar-refractivity contribution is 5.97. The normalized spacial score (nSPS) is 31.6. The summed E-state index contributed by atoms with van der Waals surface area (Å²) in [4.78, 5) is 10.9. The highest BCUT2D eigenvalue weighted by Crippen LogP contribution is 2.24. The molecule has 0 bridgehead atoms. The molecule has 0 aromatic carbocycles. The molecule has 2 N–H and O–H groups in total. The quantitative estimate of drug-likeness (QED) is 0.417. The van der Waals surface area contributed by atoms with Crippen molar-refractivity contribution in [3.05, 3.63) is 0 Å². The fraction of sp³-hybridized carbons (Fsp3) is 0.625. The van der Waals surface area contributed by atoms with Gasteiger partial charge in [0.05, 0.1) is 0 Å². The molecule has 0 radical (unpaired) electrons. The Morgan fingerprint density at radius 2 is 2.30 bits per heavy atom. The van der Waals surface area contributed by atoms with Crippen LogP contribution in [0.3, 0.4) is 0 Å². The molecule has 0 amide bonds. The molecule has 0 aromatic heterocycles. The van der Waals surface area contributed by atoms with Crippen molar-refractivity contribution in [1.82, 2.24) is 0 Å². The van der Waals surface area contributed by atoms with E-state index < -0.39 is 0 Å². The van der Waals surface area contributed by atoms with Crippen molar-refractivity contribution in [3.63, 3.8) is 0 Å². The highest BCUT2D eigenvalue weighted by atomic mass is 16.1. The van der Waals surface area contributed by atoms with E-state index in [4.69, 9.17) is 12.2 Å². The van der Waals surface area contributed by atoms with Gasteiger partial charge >= 0.3 is 0 Å². The summed E-state index contributed by atoms with van der Waals surface area (Å²) >= 11 is 0. The van der Waals surface area contributed by atoms with Crippen LogP contribution in [0.25, 0.3) is 0 Å². The molecule has 1 fully saturated rings. The monoisotopic (exact) mass is 137 g/mol. The maximum absolute atomic E-state index is 10.9. The summed E-state index contributed by atoms with van der Waals surface area (Å²) in [5.74, 6) is 1.95. The molecule has 0 heterocycles. The SMILES string of the molecule is C#CC(=O)C1CCCC1N. The number of carbonyl (C=O) groups excluding carboxylic acids is 1. The van der Waals surface area contributed by atoms with Gasteiger partial charge in [0.1, 0.15) is 0 Å². The number of rotatable bonds is 1. The van der Waals surface area contributed by atoms with Crippen LogP contribution in [0.2, 0.25) is 0 Å². The summed E-state index contributed by atoms with van der Waals surface area (Å²) in [5, 5.41) is 0. The van der Waals surface area contributed by atoms with Crippen molar-refractivity contribution in [3.8, 4) is 12.3 Å². The fourth-order valence-electron chi connectivity index (χ4n) is 1.42. The van der Waals surface area contributed by atoms with Crippen molar-refractivity contribution in [2.75, 3.05) is 0 Å². The van der Waals surface area contributed by atoms with E-state index in [9.17, 15) is 4.79 Å². The van der Waals surface area contributed by atoms with Crippen LogP contribution < -0.4 is 5.73 Å². The Hall–Kier alpha value is -0.810. The van der Waals surface area contributed by atoms with E-state index in [0.717, 1.165) is 19.3 Å². The lowest BCUT2D eigenvalue weighted by atomic mass is 10.00. The van der Waals surface area contributed by atoms with Gasteiger partial charge in [0.15, 0.2) is 0 Å². The fourth-order valence-corrected chi connectivity index (χ4v) is 1.42. The van der Waals surface area contributed by atoms with Crippen molar-refractivity contribution in [2.45, 2.75) is 25.3 Å². The first kappa shape index (κ1) is 7.30. The van der Waals surface area contributed by atoms with E-state index in [2.05, 4.69) is 5.92 Å². The zero-order chi connectivity index (χ0) is 7.56. The molecule has 0 aromatic rings. The van der Waals surface area contributed by atoms with Crippen LogP contribution in [0.1, 0.15) is 19.3 Å². The van der Waals surface area contributed by atoms with Crippen LogP contribution in [0.15, 0.2) is 0 Å². The first-order valence-electron chi connectivity index (χ1n) is 3.51. The van der Waals surface area contributed by atoms with Gasteiger partial charge in [-0.05, 0) is 18.8 Å². The highest BCUT2D eigenvalue weighted by Gasteiger charge is 2.28. The second-order valence-corrected chi connectivity index (χ2v) is 2.71. The van der Waals surface area contributed by atoms with Crippen LogP contribution in [0.4, 0.5) is 0 Å². The molecule has 1 aliphatic carbocycles. The summed E-state index contributed by atoms with van der Waals surface area (Å²) in [5.41, 5.74) is 5.64. The molecule has 10 heavy (non-hydrogen) atoms. The number of carbonyl (C=O) groups is 1. The standard InChI is InChI=1S/C8H11NO/c1-2-8(10)6-4-3-5-7(6)9/h1,6-7H,3-5,9H2. The van der Waals surface area contributed by atoms with Gasteiger partial charge in [-0.1, -0.05) is 6.42 Å². The van der Waals surface area contributed by atoms with E-state index in [1.807, 2.05) is 0 Å². The first-order chi connectivity index (χ1) is 4.75. The zero-order valence-corrected chi connectivity index (χ0v) is 5.84. The number of nitrogens with two attached hydrogens (primary N) is 1. The average Bonchev–Trinajstić information content (AvgIpc) is 2.34. The van der Waals surface area contributed by atoms with Gasteiger partial charge in [-0.25, -0.2) is 0 Å². The van der Waals surface area contributed by atoms with E-state index >= 15 is 0 Å². The Morgan fingerprint density at radius 1 is 1.60 bits per heavy atom. The summed E-state index contributed by atoms with van der Waals surface area (Å²) in [6, 6.07) is 0.0172. The Kier molecular flexibility index (Phi) is 2.08. The minimum absolute atomic E-state index is 0.0172. The Morgan fingerprint density at radius 3 is 2.70 bits per heavy atom. The molecule has 1 saturated carbocycles. The number of ketones is 1. The lowest BCUT2D eigenvalue weighted by Gasteiger charge is -2.08. The van der Waals surface area contributed by atoms with Crippen LogP contribution in [0.5, 0.6) is 0 Å². The van der Waals surface area contributed by atoms with E-state index in [-0.39, 0.29) is 17.7 Å². The first-order valence-corrected chi connectivity index (χ1v) is 3.51. The second-order valence-electron chi connectivity index (χ2n) is 2.71. The molecule has 0 saturated heterocycles. The number of hydrogen-bond donors (Lipinski definition) is 1. The molecule has 0 spiro atoms. The molecule has 2 nitrogen and oxygen atoms in total. The van der Waals surface area contributed by atoms with Gasteiger partial charge in [-0.3, -0.25) is 4.79 Å². The molecule has 2 unspecified atom stereocenters. The molecule has 1 rings (SSSR count). The van der Waals surface area contributed by atoms with Crippen LogP contribution in [-0.2, 0) is 4.79 Å². The van der Waals surface area contributed by atoms with Crippen molar-refractivity contribution in [1.29, 1.82) is 0 Å². The molecular formula is C8H11NO. The third-order valence-corrected chi connectivity index (χ3v) is 2.05. The Balaban J connectivity index is 2.57. The van der Waals surface area contributed by atoms with Gasteiger partial charge in [0.25, 0.3) is 0 Å². The van der Waals surface area contributed by atoms with Crippen LogP contribution >= 0.6 is 0 Å². The molecule has 54 valence electrons. The topological polar surface area (TPSA) is 43.1 Å². The van der Waals surface area contributed by atoms with Gasteiger partial charge < -0.3 is 5.73 Å². The molecule has 1 aliphatic rings. The average molecular weight is 137 g/mol. The summed E-state index contributed by atoms with van der Waals surface area (Å²) in [6.07, 6.45) is 7.82. The van der Waals surface area contributed by atoms with Gasteiger partial charge in [-0.2, -0.15) is 0 Å². The van der Waals surface area contributed by atoms with E-state index in [0.29, 0.717) is 0 Å². The zero-order valence-electron chi connectivity index (χ0n) is 5.84. The predicted molar refractivity (Wildman–Crippen MR) is 39.2 cm³/mol. The second kappa shape index (κ2) is 2.85. The van der Waals surface area contributed by atoms with Crippen molar-refractivity contribution < 1.29 is 4.79 Å². The minimum Gasteiger partial charge on any atom is -0.327 e. The smallest absolute Gasteiger partial charge is 0.209 e. The van der Waals surface area contributed by atoms with Gasteiger partial charge in [0, 0.05) is 12.0 Å². The van der Waals surface area contributed by atoms with E-state index in [1.54, 1.807) is 0 Å². The number of terminal acetylenes is 1. The van der Waals surface area contributed by atoms with Gasteiger partial charge in [0.2, 0.25) is 5.78 Å². The lowest BCUT2D eigenvalue weighted by molar-refractivity contribution is -0.117. The third kappa shape index (κ3) is 1.19. The Bertz CT molecular complexity index is 180. The van der Waals surface area contributed by atoms with E-state index in [1.165, 1.54) is 0 Å². The minimum atomic E-state index is -0.120. The maximum atomic E-state index is 10.9.